The SMILES string of the molecule is C#CC(CC)Nc1ccc2nccnc2n1. The Morgan fingerprint density at radius 1 is 1.38 bits per heavy atom. The summed E-state index contributed by atoms with van der Waals surface area (Å²) in [5, 5.41) is 3.16. The van der Waals surface area contributed by atoms with E-state index in [9.17, 15) is 0 Å². The molecule has 80 valence electrons. The van der Waals surface area contributed by atoms with Crippen molar-refractivity contribution in [1.82, 2.24) is 15.0 Å². The molecule has 0 aromatic carbocycles. The number of hydrogen-bond donors (Lipinski definition) is 1. The quantitative estimate of drug-likeness (QED) is 0.789. The summed E-state index contributed by atoms with van der Waals surface area (Å²) in [6.45, 7) is 2.03. The molecule has 2 aromatic rings. The molecule has 1 atom stereocenters. The average molecular weight is 212 g/mol. The Morgan fingerprint density at radius 2 is 2.19 bits per heavy atom. The van der Waals surface area contributed by atoms with Crippen LogP contribution in [0.5, 0.6) is 0 Å². The second kappa shape index (κ2) is 4.58. The van der Waals surface area contributed by atoms with Crippen LogP contribution in [0.25, 0.3) is 11.2 Å². The zero-order chi connectivity index (χ0) is 11.4. The van der Waals surface area contributed by atoms with Gasteiger partial charge in [-0.3, -0.25) is 4.98 Å². The molecule has 4 heteroatoms. The molecule has 0 saturated carbocycles. The number of hydrogen-bond acceptors (Lipinski definition) is 4. The second-order valence-corrected chi connectivity index (χ2v) is 3.37. The number of fused-ring (bicyclic) bond motifs is 1. The van der Waals surface area contributed by atoms with E-state index in [1.54, 1.807) is 12.4 Å². The van der Waals surface area contributed by atoms with E-state index < -0.39 is 0 Å². The molecule has 16 heavy (non-hydrogen) atoms. The third-order valence-electron chi connectivity index (χ3n) is 2.26. The number of nitrogens with one attached hydrogen (secondary N) is 1. The Kier molecular flexibility index (Phi) is 2.97. The highest BCUT2D eigenvalue weighted by atomic mass is 15.0. The van der Waals surface area contributed by atoms with Crippen molar-refractivity contribution in [2.75, 3.05) is 5.32 Å². The van der Waals surface area contributed by atoms with E-state index in [-0.39, 0.29) is 6.04 Å². The normalized spacial score (nSPS) is 12.0. The predicted octanol–water partition coefficient (Wildman–Crippen LogP) is 1.85. The van der Waals surface area contributed by atoms with Crippen molar-refractivity contribution in [1.29, 1.82) is 0 Å². The molecule has 0 bridgehead atoms. The fourth-order valence-electron chi connectivity index (χ4n) is 1.37. The van der Waals surface area contributed by atoms with Gasteiger partial charge in [0.25, 0.3) is 0 Å². The molecule has 2 heterocycles. The summed E-state index contributed by atoms with van der Waals surface area (Å²) in [4.78, 5) is 12.6. The van der Waals surface area contributed by atoms with Crippen LogP contribution in [0.2, 0.25) is 0 Å². The summed E-state index contributed by atoms with van der Waals surface area (Å²) in [5.41, 5.74) is 1.40. The first-order valence-corrected chi connectivity index (χ1v) is 5.14. The minimum absolute atomic E-state index is 0.00150. The van der Waals surface area contributed by atoms with E-state index in [1.165, 1.54) is 0 Å². The third kappa shape index (κ3) is 2.09. The molecule has 0 saturated heterocycles. The first-order valence-electron chi connectivity index (χ1n) is 5.14. The van der Waals surface area contributed by atoms with E-state index in [4.69, 9.17) is 6.42 Å². The van der Waals surface area contributed by atoms with Gasteiger partial charge in [-0.05, 0) is 18.6 Å². The minimum Gasteiger partial charge on any atom is -0.356 e. The lowest BCUT2D eigenvalue weighted by Gasteiger charge is -2.11. The monoisotopic (exact) mass is 212 g/mol. The highest BCUT2D eigenvalue weighted by molar-refractivity contribution is 5.71. The number of anilines is 1. The smallest absolute Gasteiger partial charge is 0.180 e. The maximum atomic E-state index is 5.38. The Labute approximate surface area is 94.1 Å². The molecule has 0 aliphatic carbocycles. The van der Waals surface area contributed by atoms with Gasteiger partial charge in [0.05, 0.1) is 6.04 Å². The van der Waals surface area contributed by atoms with Gasteiger partial charge >= 0.3 is 0 Å². The lowest BCUT2D eigenvalue weighted by atomic mass is 10.2. The van der Waals surface area contributed by atoms with Gasteiger partial charge in [0, 0.05) is 12.4 Å². The minimum atomic E-state index is 0.00150. The summed E-state index contributed by atoms with van der Waals surface area (Å²) < 4.78 is 0. The average Bonchev–Trinajstić information content (AvgIpc) is 2.35. The van der Waals surface area contributed by atoms with Crippen LogP contribution in [0.3, 0.4) is 0 Å². The fourth-order valence-corrected chi connectivity index (χ4v) is 1.37. The van der Waals surface area contributed by atoms with E-state index in [1.807, 2.05) is 19.1 Å². The van der Waals surface area contributed by atoms with Crippen molar-refractivity contribution >= 4 is 17.0 Å². The van der Waals surface area contributed by atoms with Crippen LogP contribution in [0.1, 0.15) is 13.3 Å². The highest BCUT2D eigenvalue weighted by Crippen LogP contribution is 2.11. The molecule has 0 amide bonds. The van der Waals surface area contributed by atoms with Crippen LogP contribution in [0, 0.1) is 12.3 Å². The van der Waals surface area contributed by atoms with Gasteiger partial charge in [-0.2, -0.15) is 0 Å². The Bertz CT molecular complexity index is 530. The van der Waals surface area contributed by atoms with Gasteiger partial charge in [0.15, 0.2) is 5.65 Å². The van der Waals surface area contributed by atoms with Crippen LogP contribution >= 0.6 is 0 Å². The first kappa shape index (κ1) is 10.4. The summed E-state index contributed by atoms with van der Waals surface area (Å²) in [6, 6.07) is 3.74. The van der Waals surface area contributed by atoms with Crippen molar-refractivity contribution in [2.24, 2.45) is 0 Å². The van der Waals surface area contributed by atoms with E-state index in [2.05, 4.69) is 26.2 Å². The number of terminal acetylenes is 1. The van der Waals surface area contributed by atoms with Gasteiger partial charge < -0.3 is 5.32 Å². The maximum Gasteiger partial charge on any atom is 0.180 e. The Hall–Kier alpha value is -2.15. The van der Waals surface area contributed by atoms with Gasteiger partial charge in [-0.15, -0.1) is 6.42 Å². The molecule has 0 spiro atoms. The third-order valence-corrected chi connectivity index (χ3v) is 2.26. The van der Waals surface area contributed by atoms with Crippen molar-refractivity contribution in [3.05, 3.63) is 24.5 Å². The number of aromatic nitrogens is 3. The van der Waals surface area contributed by atoms with Gasteiger partial charge in [-0.1, -0.05) is 12.8 Å². The van der Waals surface area contributed by atoms with Gasteiger partial charge in [0.2, 0.25) is 0 Å². The molecule has 2 rings (SSSR count). The Balaban J connectivity index is 2.30. The molecule has 0 aliphatic heterocycles. The maximum absolute atomic E-state index is 5.38. The lowest BCUT2D eigenvalue weighted by molar-refractivity contribution is 0.851. The van der Waals surface area contributed by atoms with Crippen molar-refractivity contribution in [3.8, 4) is 12.3 Å². The topological polar surface area (TPSA) is 50.7 Å². The van der Waals surface area contributed by atoms with Gasteiger partial charge in [0.1, 0.15) is 11.3 Å². The molecule has 0 aliphatic rings. The highest BCUT2D eigenvalue weighted by Gasteiger charge is 2.04. The van der Waals surface area contributed by atoms with Crippen molar-refractivity contribution < 1.29 is 0 Å². The zero-order valence-electron chi connectivity index (χ0n) is 9.01. The molecule has 2 aromatic heterocycles. The second-order valence-electron chi connectivity index (χ2n) is 3.37. The van der Waals surface area contributed by atoms with Crippen molar-refractivity contribution in [3.63, 3.8) is 0 Å². The molecule has 0 radical (unpaired) electrons. The van der Waals surface area contributed by atoms with E-state index >= 15 is 0 Å². The number of pyridine rings is 1. The molecular weight excluding hydrogens is 200 g/mol. The number of nitrogens with zero attached hydrogens (tertiary/aromatic N) is 3. The zero-order valence-corrected chi connectivity index (χ0v) is 9.01. The molecule has 1 N–H and O–H groups in total. The van der Waals surface area contributed by atoms with Crippen LogP contribution in [-0.4, -0.2) is 21.0 Å². The number of rotatable bonds is 3. The lowest BCUT2D eigenvalue weighted by Crippen LogP contribution is -2.16. The van der Waals surface area contributed by atoms with Crippen LogP contribution < -0.4 is 5.32 Å². The van der Waals surface area contributed by atoms with Crippen LogP contribution in [0.15, 0.2) is 24.5 Å². The molecule has 1 unspecified atom stereocenters. The summed E-state index contributed by atoms with van der Waals surface area (Å²) in [6.07, 6.45) is 9.50. The van der Waals surface area contributed by atoms with Crippen LogP contribution in [-0.2, 0) is 0 Å². The molecule has 0 fully saturated rings. The summed E-state index contributed by atoms with van der Waals surface area (Å²) in [7, 11) is 0. The standard InChI is InChI=1S/C12H12N4/c1-3-9(4-2)15-11-6-5-10-12(16-11)14-8-7-13-10/h1,5-9H,4H2,2H3,(H,14,15,16). The van der Waals surface area contributed by atoms with E-state index in [0.717, 1.165) is 17.8 Å². The first-order chi connectivity index (χ1) is 7.83. The summed E-state index contributed by atoms with van der Waals surface area (Å²) >= 11 is 0. The van der Waals surface area contributed by atoms with Gasteiger partial charge in [-0.25, -0.2) is 9.97 Å². The van der Waals surface area contributed by atoms with Crippen molar-refractivity contribution in [2.45, 2.75) is 19.4 Å². The van der Waals surface area contributed by atoms with E-state index in [0.29, 0.717) is 5.65 Å². The summed E-state index contributed by atoms with van der Waals surface area (Å²) in [5.74, 6) is 3.40. The van der Waals surface area contributed by atoms with Crippen LogP contribution in [0.4, 0.5) is 5.82 Å². The molecule has 4 nitrogen and oxygen atoms in total. The Morgan fingerprint density at radius 3 is 2.94 bits per heavy atom. The largest absolute Gasteiger partial charge is 0.356 e. The predicted molar refractivity (Wildman–Crippen MR) is 63.9 cm³/mol. The fraction of sp³-hybridized carbons (Fsp3) is 0.250. The molecular formula is C12H12N4.